The molecule has 0 saturated carbocycles. The lowest BCUT2D eigenvalue weighted by molar-refractivity contribution is 0.119. The molecule has 0 heterocycles. The topological polar surface area (TPSA) is 18.5 Å². The van der Waals surface area contributed by atoms with Crippen molar-refractivity contribution in [3.63, 3.8) is 0 Å². The molecule has 0 N–H and O–H groups in total. The minimum Gasteiger partial charge on any atom is -0.497 e. The van der Waals surface area contributed by atoms with Gasteiger partial charge in [0.05, 0.1) is 13.7 Å². The first-order valence-corrected chi connectivity index (χ1v) is 7.31. The number of methoxy groups -OCH3 is 1. The van der Waals surface area contributed by atoms with Crippen molar-refractivity contribution in [2.75, 3.05) is 13.7 Å². The summed E-state index contributed by atoms with van der Waals surface area (Å²) < 4.78 is 10.8. The predicted molar refractivity (Wildman–Crippen MR) is 87.4 cm³/mol. The molecule has 0 unspecified atom stereocenters. The quantitative estimate of drug-likeness (QED) is 0.653. The largest absolute Gasteiger partial charge is 0.497 e. The maximum atomic E-state index is 5.65. The van der Waals surface area contributed by atoms with E-state index in [4.69, 9.17) is 9.47 Å². The molecule has 0 atom stereocenters. The molecule has 110 valence electrons. The van der Waals surface area contributed by atoms with Crippen molar-refractivity contribution in [1.29, 1.82) is 0 Å². The van der Waals surface area contributed by atoms with Crippen LogP contribution in [0.4, 0.5) is 0 Å². The Kier molecular flexibility index (Phi) is 6.56. The normalized spacial score (nSPS) is 10.9. The second-order valence-electron chi connectivity index (χ2n) is 4.86. The van der Waals surface area contributed by atoms with E-state index in [9.17, 15) is 0 Å². The van der Waals surface area contributed by atoms with Crippen LogP contribution in [0, 0.1) is 0 Å². The van der Waals surface area contributed by atoms with Crippen LogP contribution in [0.5, 0.6) is 5.75 Å². The van der Waals surface area contributed by atoms with Gasteiger partial charge >= 0.3 is 0 Å². The molecular formula is C19H22O2. The highest BCUT2D eigenvalue weighted by molar-refractivity contribution is 5.50. The van der Waals surface area contributed by atoms with Crippen molar-refractivity contribution in [3.8, 4) is 5.75 Å². The van der Waals surface area contributed by atoms with Gasteiger partial charge in [-0.3, -0.25) is 0 Å². The lowest BCUT2D eigenvalue weighted by Crippen LogP contribution is -1.94. The summed E-state index contributed by atoms with van der Waals surface area (Å²) in [4.78, 5) is 0. The number of hydrogen-bond acceptors (Lipinski definition) is 2. The smallest absolute Gasteiger partial charge is 0.118 e. The maximum Gasteiger partial charge on any atom is 0.118 e. The number of hydrogen-bond donors (Lipinski definition) is 0. The number of ether oxygens (including phenoxy) is 2. The molecule has 21 heavy (non-hydrogen) atoms. The Bertz CT molecular complexity index is 529. The van der Waals surface area contributed by atoms with Crippen LogP contribution in [-0.2, 0) is 11.3 Å². The lowest BCUT2D eigenvalue weighted by atomic mass is 10.2. The fourth-order valence-electron chi connectivity index (χ4n) is 2.00. The van der Waals surface area contributed by atoms with Gasteiger partial charge in [-0.25, -0.2) is 0 Å². The molecule has 2 aromatic rings. The minimum absolute atomic E-state index is 0.697. The van der Waals surface area contributed by atoms with Gasteiger partial charge < -0.3 is 9.47 Å². The third-order valence-electron chi connectivity index (χ3n) is 3.20. The number of allylic oxidation sites excluding steroid dienone is 1. The van der Waals surface area contributed by atoms with Gasteiger partial charge in [-0.15, -0.1) is 0 Å². The first-order valence-electron chi connectivity index (χ1n) is 7.31. The van der Waals surface area contributed by atoms with E-state index in [0.717, 1.165) is 25.2 Å². The van der Waals surface area contributed by atoms with Crippen LogP contribution in [0.25, 0.3) is 6.08 Å². The SMILES string of the molecule is COc1ccc(/C=C\CCCOCc2ccccc2)cc1. The number of unbranched alkanes of at least 4 members (excludes halogenated alkanes) is 1. The van der Waals surface area contributed by atoms with Gasteiger partial charge in [0.2, 0.25) is 0 Å². The van der Waals surface area contributed by atoms with Gasteiger partial charge in [0, 0.05) is 6.61 Å². The molecular weight excluding hydrogens is 260 g/mol. The van der Waals surface area contributed by atoms with Crippen LogP contribution in [0.1, 0.15) is 24.0 Å². The highest BCUT2D eigenvalue weighted by Crippen LogP contribution is 2.12. The number of benzene rings is 2. The summed E-state index contributed by atoms with van der Waals surface area (Å²) in [6.07, 6.45) is 6.39. The van der Waals surface area contributed by atoms with E-state index in [0.29, 0.717) is 6.61 Å². The third-order valence-corrected chi connectivity index (χ3v) is 3.20. The Morgan fingerprint density at radius 1 is 0.952 bits per heavy atom. The summed E-state index contributed by atoms with van der Waals surface area (Å²) >= 11 is 0. The summed E-state index contributed by atoms with van der Waals surface area (Å²) in [5.41, 5.74) is 2.42. The molecule has 0 aliphatic carbocycles. The van der Waals surface area contributed by atoms with Gasteiger partial charge in [-0.2, -0.15) is 0 Å². The average molecular weight is 282 g/mol. The van der Waals surface area contributed by atoms with E-state index >= 15 is 0 Å². The van der Waals surface area contributed by atoms with Crippen molar-refractivity contribution in [1.82, 2.24) is 0 Å². The summed E-state index contributed by atoms with van der Waals surface area (Å²) in [5, 5.41) is 0. The molecule has 2 nitrogen and oxygen atoms in total. The first-order chi connectivity index (χ1) is 10.4. The van der Waals surface area contributed by atoms with Gasteiger partial charge in [0.1, 0.15) is 5.75 Å². The monoisotopic (exact) mass is 282 g/mol. The average Bonchev–Trinajstić information content (AvgIpc) is 2.55. The zero-order valence-electron chi connectivity index (χ0n) is 12.5. The zero-order valence-corrected chi connectivity index (χ0v) is 12.5. The van der Waals surface area contributed by atoms with Crippen LogP contribution in [0.15, 0.2) is 60.7 Å². The third kappa shape index (κ3) is 5.84. The Labute approximate surface area is 127 Å². The molecule has 0 fully saturated rings. The lowest BCUT2D eigenvalue weighted by Gasteiger charge is -2.03. The van der Waals surface area contributed by atoms with Crippen LogP contribution in [0.3, 0.4) is 0 Å². The van der Waals surface area contributed by atoms with Crippen LogP contribution >= 0.6 is 0 Å². The fourth-order valence-corrected chi connectivity index (χ4v) is 2.00. The Hall–Kier alpha value is -2.06. The fraction of sp³-hybridized carbons (Fsp3) is 0.263. The van der Waals surface area contributed by atoms with E-state index in [1.54, 1.807) is 7.11 Å². The summed E-state index contributed by atoms with van der Waals surface area (Å²) in [6.45, 7) is 1.49. The number of rotatable bonds is 8. The Morgan fingerprint density at radius 3 is 2.43 bits per heavy atom. The van der Waals surface area contributed by atoms with Crippen LogP contribution in [-0.4, -0.2) is 13.7 Å². The molecule has 0 aliphatic heterocycles. The second kappa shape index (κ2) is 8.98. The van der Waals surface area contributed by atoms with E-state index in [-0.39, 0.29) is 0 Å². The minimum atomic E-state index is 0.697. The Balaban J connectivity index is 1.59. The molecule has 0 aliphatic rings. The van der Waals surface area contributed by atoms with Crippen LogP contribution < -0.4 is 4.74 Å². The molecule has 0 radical (unpaired) electrons. The van der Waals surface area contributed by atoms with E-state index in [1.165, 1.54) is 11.1 Å². The van der Waals surface area contributed by atoms with Crippen molar-refractivity contribution in [2.45, 2.75) is 19.4 Å². The predicted octanol–water partition coefficient (Wildman–Crippen LogP) is 4.71. The van der Waals surface area contributed by atoms with Gasteiger partial charge in [0.25, 0.3) is 0 Å². The summed E-state index contributed by atoms with van der Waals surface area (Å²) in [7, 11) is 1.68. The molecule has 0 bridgehead atoms. The van der Waals surface area contributed by atoms with E-state index in [1.807, 2.05) is 30.3 Å². The molecule has 0 spiro atoms. The molecule has 0 saturated heterocycles. The van der Waals surface area contributed by atoms with Crippen molar-refractivity contribution in [3.05, 3.63) is 71.8 Å². The standard InChI is InChI=1S/C19H22O2/c1-20-19-13-11-17(12-14-19)8-6-3-7-15-21-16-18-9-4-2-5-10-18/h2,4-6,8-14H,3,7,15-16H2,1H3/b8-6-. The molecule has 0 aromatic heterocycles. The van der Waals surface area contributed by atoms with Crippen molar-refractivity contribution < 1.29 is 9.47 Å². The Morgan fingerprint density at radius 2 is 1.71 bits per heavy atom. The van der Waals surface area contributed by atoms with Crippen LogP contribution in [0.2, 0.25) is 0 Å². The van der Waals surface area contributed by atoms with Crippen molar-refractivity contribution >= 4 is 6.08 Å². The van der Waals surface area contributed by atoms with Gasteiger partial charge in [-0.05, 0) is 36.1 Å². The highest BCUT2D eigenvalue weighted by atomic mass is 16.5. The van der Waals surface area contributed by atoms with Gasteiger partial charge in [0.15, 0.2) is 0 Å². The van der Waals surface area contributed by atoms with E-state index < -0.39 is 0 Å². The molecule has 2 heteroatoms. The highest BCUT2D eigenvalue weighted by Gasteiger charge is 1.92. The zero-order chi connectivity index (χ0) is 14.8. The molecule has 0 amide bonds. The summed E-state index contributed by atoms with van der Waals surface area (Å²) in [6, 6.07) is 18.3. The van der Waals surface area contributed by atoms with Gasteiger partial charge in [-0.1, -0.05) is 54.6 Å². The maximum absolute atomic E-state index is 5.65. The second-order valence-corrected chi connectivity index (χ2v) is 4.86. The molecule has 2 aromatic carbocycles. The van der Waals surface area contributed by atoms with Crippen molar-refractivity contribution in [2.24, 2.45) is 0 Å². The van der Waals surface area contributed by atoms with E-state index in [2.05, 4.69) is 36.4 Å². The first kappa shape index (κ1) is 15.3. The molecule has 2 rings (SSSR count). The summed E-state index contributed by atoms with van der Waals surface area (Å²) in [5.74, 6) is 0.890.